The first kappa shape index (κ1) is 19.4. The minimum atomic E-state index is -0.972. The summed E-state index contributed by atoms with van der Waals surface area (Å²) in [5.41, 5.74) is 1.39. The van der Waals surface area contributed by atoms with Crippen LogP contribution in [-0.4, -0.2) is 36.0 Å². The number of hydrogen-bond acceptors (Lipinski definition) is 4. The van der Waals surface area contributed by atoms with Crippen molar-refractivity contribution < 1.29 is 24.2 Å². The van der Waals surface area contributed by atoms with E-state index in [9.17, 15) is 14.4 Å². The van der Waals surface area contributed by atoms with E-state index in [0.717, 1.165) is 0 Å². The molecule has 1 aliphatic rings. The second kappa shape index (κ2) is 9.03. The fraction of sp³-hybridized carbons (Fsp3) is 0.286. The van der Waals surface area contributed by atoms with Gasteiger partial charge in [0.1, 0.15) is 5.75 Å². The van der Waals surface area contributed by atoms with E-state index in [1.807, 2.05) is 6.07 Å². The highest BCUT2D eigenvalue weighted by molar-refractivity contribution is 6.06. The number of anilines is 1. The molecule has 0 heterocycles. The lowest BCUT2D eigenvalue weighted by molar-refractivity contribution is -0.136. The number of carbonyl (C=O) groups excluding carboxylic acids is 2. The smallest absolute Gasteiger partial charge is 0.305 e. The van der Waals surface area contributed by atoms with Gasteiger partial charge in [0.25, 0.3) is 11.8 Å². The topological polar surface area (TPSA) is 105 Å². The lowest BCUT2D eigenvalue weighted by Crippen LogP contribution is -2.25. The van der Waals surface area contributed by atoms with Crippen molar-refractivity contribution in [2.75, 3.05) is 18.5 Å². The predicted octanol–water partition coefficient (Wildman–Crippen LogP) is 2.93. The SMILES string of the molecule is O=C(O)CCNC(=O)c1ccc(NC(=O)c2ccccc2OCC2CC2)cc1. The van der Waals surface area contributed by atoms with Gasteiger partial charge >= 0.3 is 5.97 Å². The summed E-state index contributed by atoms with van der Waals surface area (Å²) in [6, 6.07) is 13.5. The minimum Gasteiger partial charge on any atom is -0.492 e. The van der Waals surface area contributed by atoms with E-state index in [0.29, 0.717) is 35.1 Å². The fourth-order valence-corrected chi connectivity index (χ4v) is 2.56. The number of aliphatic carboxylic acids is 1. The number of carbonyl (C=O) groups is 3. The van der Waals surface area contributed by atoms with Crippen LogP contribution in [0.2, 0.25) is 0 Å². The number of para-hydroxylation sites is 1. The Morgan fingerprint density at radius 3 is 2.39 bits per heavy atom. The molecule has 0 unspecified atom stereocenters. The number of hydrogen-bond donors (Lipinski definition) is 3. The zero-order valence-corrected chi connectivity index (χ0v) is 15.3. The molecule has 1 aliphatic carbocycles. The summed E-state index contributed by atoms with van der Waals surface area (Å²) in [4.78, 5) is 35.0. The molecule has 0 aliphatic heterocycles. The van der Waals surface area contributed by atoms with Crippen LogP contribution in [0.3, 0.4) is 0 Å². The van der Waals surface area contributed by atoms with E-state index in [2.05, 4.69) is 10.6 Å². The number of amides is 2. The van der Waals surface area contributed by atoms with E-state index < -0.39 is 5.97 Å². The van der Waals surface area contributed by atoms with Crippen LogP contribution in [0.4, 0.5) is 5.69 Å². The summed E-state index contributed by atoms with van der Waals surface area (Å²) in [6.45, 7) is 0.681. The second-order valence-electron chi connectivity index (χ2n) is 6.68. The van der Waals surface area contributed by atoms with Crippen LogP contribution in [0, 0.1) is 5.92 Å². The highest BCUT2D eigenvalue weighted by Crippen LogP contribution is 2.30. The first-order valence-electron chi connectivity index (χ1n) is 9.16. The molecule has 28 heavy (non-hydrogen) atoms. The summed E-state index contributed by atoms with van der Waals surface area (Å²) < 4.78 is 5.77. The van der Waals surface area contributed by atoms with Crippen LogP contribution < -0.4 is 15.4 Å². The van der Waals surface area contributed by atoms with E-state index in [-0.39, 0.29) is 24.8 Å². The third kappa shape index (κ3) is 5.57. The van der Waals surface area contributed by atoms with Crippen molar-refractivity contribution in [3.63, 3.8) is 0 Å². The Morgan fingerprint density at radius 1 is 1.00 bits per heavy atom. The number of rotatable bonds is 9. The molecule has 0 bridgehead atoms. The molecule has 7 heteroatoms. The number of ether oxygens (including phenoxy) is 1. The average molecular weight is 382 g/mol. The Labute approximate surface area is 162 Å². The molecule has 0 radical (unpaired) electrons. The van der Waals surface area contributed by atoms with Crippen molar-refractivity contribution >= 4 is 23.5 Å². The molecule has 0 saturated heterocycles. The van der Waals surface area contributed by atoms with Crippen molar-refractivity contribution in [1.82, 2.24) is 5.32 Å². The molecule has 146 valence electrons. The quantitative estimate of drug-likeness (QED) is 0.618. The maximum absolute atomic E-state index is 12.6. The molecular formula is C21H22N2O5. The normalized spacial score (nSPS) is 12.9. The number of carboxylic acids is 1. The summed E-state index contributed by atoms with van der Waals surface area (Å²) >= 11 is 0. The van der Waals surface area contributed by atoms with Crippen LogP contribution in [0.25, 0.3) is 0 Å². The Bertz CT molecular complexity index is 859. The van der Waals surface area contributed by atoms with Crippen molar-refractivity contribution in [2.45, 2.75) is 19.3 Å². The average Bonchev–Trinajstić information content (AvgIpc) is 3.51. The van der Waals surface area contributed by atoms with Gasteiger partial charge in [0, 0.05) is 17.8 Å². The zero-order chi connectivity index (χ0) is 19.9. The van der Waals surface area contributed by atoms with Gasteiger partial charge in [0.15, 0.2) is 0 Å². The number of carboxylic acid groups (broad SMARTS) is 1. The van der Waals surface area contributed by atoms with Crippen molar-refractivity contribution in [2.24, 2.45) is 5.92 Å². The first-order chi connectivity index (χ1) is 13.5. The van der Waals surface area contributed by atoms with Crippen molar-refractivity contribution in [1.29, 1.82) is 0 Å². The van der Waals surface area contributed by atoms with E-state index in [4.69, 9.17) is 9.84 Å². The minimum absolute atomic E-state index is 0.0598. The Morgan fingerprint density at radius 2 is 1.71 bits per heavy atom. The summed E-state index contributed by atoms with van der Waals surface area (Å²) in [5, 5.41) is 13.9. The van der Waals surface area contributed by atoms with E-state index in [1.165, 1.54) is 12.8 Å². The highest BCUT2D eigenvalue weighted by Gasteiger charge is 2.23. The van der Waals surface area contributed by atoms with Gasteiger partial charge in [-0.25, -0.2) is 0 Å². The molecule has 2 amide bonds. The third-order valence-corrected chi connectivity index (χ3v) is 4.33. The maximum Gasteiger partial charge on any atom is 0.305 e. The number of benzene rings is 2. The Balaban J connectivity index is 1.58. The Kier molecular flexibility index (Phi) is 6.26. The highest BCUT2D eigenvalue weighted by atomic mass is 16.5. The van der Waals surface area contributed by atoms with Gasteiger partial charge in [0.05, 0.1) is 18.6 Å². The number of nitrogens with one attached hydrogen (secondary N) is 2. The van der Waals surface area contributed by atoms with Gasteiger partial charge in [-0.05, 0) is 55.2 Å². The van der Waals surface area contributed by atoms with Crippen LogP contribution >= 0.6 is 0 Å². The third-order valence-electron chi connectivity index (χ3n) is 4.33. The van der Waals surface area contributed by atoms with Gasteiger partial charge < -0.3 is 20.5 Å². The molecule has 2 aromatic carbocycles. The van der Waals surface area contributed by atoms with Crippen molar-refractivity contribution in [3.05, 3.63) is 59.7 Å². The van der Waals surface area contributed by atoms with Crippen LogP contribution in [0.15, 0.2) is 48.5 Å². The molecule has 2 aromatic rings. The monoisotopic (exact) mass is 382 g/mol. The lowest BCUT2D eigenvalue weighted by Gasteiger charge is -2.12. The predicted molar refractivity (Wildman–Crippen MR) is 104 cm³/mol. The van der Waals surface area contributed by atoms with Gasteiger partial charge in [0.2, 0.25) is 0 Å². The van der Waals surface area contributed by atoms with Crippen LogP contribution in [0.5, 0.6) is 5.75 Å². The van der Waals surface area contributed by atoms with Gasteiger partial charge in [-0.3, -0.25) is 14.4 Å². The first-order valence-corrected chi connectivity index (χ1v) is 9.16. The molecule has 1 saturated carbocycles. The molecular weight excluding hydrogens is 360 g/mol. The van der Waals surface area contributed by atoms with Gasteiger partial charge in [-0.2, -0.15) is 0 Å². The molecule has 0 atom stereocenters. The molecule has 0 aromatic heterocycles. The lowest BCUT2D eigenvalue weighted by atomic mass is 10.1. The Hall–Kier alpha value is -3.35. The van der Waals surface area contributed by atoms with Crippen molar-refractivity contribution in [3.8, 4) is 5.75 Å². The largest absolute Gasteiger partial charge is 0.492 e. The molecule has 1 fully saturated rings. The second-order valence-corrected chi connectivity index (χ2v) is 6.68. The van der Waals surface area contributed by atoms with Crippen LogP contribution in [-0.2, 0) is 4.79 Å². The van der Waals surface area contributed by atoms with E-state index in [1.54, 1.807) is 42.5 Å². The molecule has 0 spiro atoms. The molecule has 7 nitrogen and oxygen atoms in total. The summed E-state index contributed by atoms with van der Waals surface area (Å²) in [7, 11) is 0. The standard InChI is InChI=1S/C21H22N2O5/c24-19(25)11-12-22-20(26)15-7-9-16(10-8-15)23-21(27)17-3-1-2-4-18(17)28-13-14-5-6-14/h1-4,7-10,14H,5-6,11-13H2,(H,22,26)(H,23,27)(H,24,25). The van der Waals surface area contributed by atoms with E-state index >= 15 is 0 Å². The maximum atomic E-state index is 12.6. The fourth-order valence-electron chi connectivity index (χ4n) is 2.56. The summed E-state index contributed by atoms with van der Waals surface area (Å²) in [5.74, 6) is -0.477. The molecule has 3 rings (SSSR count). The van der Waals surface area contributed by atoms with Crippen LogP contribution in [0.1, 0.15) is 40.0 Å². The van der Waals surface area contributed by atoms with Gasteiger partial charge in [-0.1, -0.05) is 12.1 Å². The molecule has 3 N–H and O–H groups in total. The van der Waals surface area contributed by atoms with Gasteiger partial charge in [-0.15, -0.1) is 0 Å². The zero-order valence-electron chi connectivity index (χ0n) is 15.3. The summed E-state index contributed by atoms with van der Waals surface area (Å²) in [6.07, 6.45) is 2.21.